The van der Waals surface area contributed by atoms with Crippen LogP contribution in [0.25, 0.3) is 0 Å². The average molecular weight is 160 g/mol. The lowest BCUT2D eigenvalue weighted by molar-refractivity contribution is 0.698. The van der Waals surface area contributed by atoms with Crippen molar-refractivity contribution < 1.29 is 0 Å². The molecular formula is C4H4N2OS2. The summed E-state index contributed by atoms with van der Waals surface area (Å²) in [6.07, 6.45) is 0. The van der Waals surface area contributed by atoms with Gasteiger partial charge in [0.05, 0.1) is 0 Å². The molecule has 0 amide bonds. The molecule has 0 radical (unpaired) electrons. The number of hydrogen-bond acceptors (Lipinski definition) is 4. The second-order valence-corrected chi connectivity index (χ2v) is 3.51. The van der Waals surface area contributed by atoms with Crippen molar-refractivity contribution in [1.82, 2.24) is 8.94 Å². The Morgan fingerprint density at radius 3 is 3.33 bits per heavy atom. The molecule has 0 fully saturated rings. The summed E-state index contributed by atoms with van der Waals surface area (Å²) in [6.45, 7) is 0.843. The molecule has 0 aromatic carbocycles. The minimum absolute atomic E-state index is 0.0787. The third-order valence-corrected chi connectivity index (χ3v) is 2.91. The predicted molar refractivity (Wildman–Crippen MR) is 37.1 cm³/mol. The first-order chi connectivity index (χ1) is 4.38. The zero-order valence-corrected chi connectivity index (χ0v) is 6.17. The highest BCUT2D eigenvalue weighted by molar-refractivity contribution is 7.99. The molecule has 0 atom stereocenters. The van der Waals surface area contributed by atoms with E-state index < -0.39 is 0 Å². The van der Waals surface area contributed by atoms with Crippen LogP contribution < -0.4 is 4.87 Å². The van der Waals surface area contributed by atoms with Gasteiger partial charge in [-0.1, -0.05) is 11.8 Å². The highest BCUT2D eigenvalue weighted by Crippen LogP contribution is 2.21. The summed E-state index contributed by atoms with van der Waals surface area (Å²) in [4.78, 5) is 10.9. The lowest BCUT2D eigenvalue weighted by atomic mass is 10.7. The van der Waals surface area contributed by atoms with Crippen molar-refractivity contribution in [2.45, 2.75) is 11.7 Å². The third kappa shape index (κ3) is 0.718. The van der Waals surface area contributed by atoms with E-state index in [0.29, 0.717) is 0 Å². The van der Waals surface area contributed by atoms with E-state index in [4.69, 9.17) is 0 Å². The van der Waals surface area contributed by atoms with Gasteiger partial charge in [-0.2, -0.15) is 4.37 Å². The Bertz CT molecular complexity index is 276. The highest BCUT2D eigenvalue weighted by atomic mass is 32.2. The minimum Gasteiger partial charge on any atom is -0.276 e. The quantitative estimate of drug-likeness (QED) is 0.551. The summed E-state index contributed by atoms with van der Waals surface area (Å²) in [7, 11) is 0. The normalized spacial score (nSPS) is 16.0. The average Bonchev–Trinajstić information content (AvgIpc) is 2.35. The Kier molecular flexibility index (Phi) is 1.13. The van der Waals surface area contributed by atoms with Gasteiger partial charge in [0, 0.05) is 23.8 Å². The van der Waals surface area contributed by atoms with E-state index in [1.165, 1.54) is 0 Å². The van der Waals surface area contributed by atoms with E-state index in [1.807, 2.05) is 0 Å². The first kappa shape index (κ1) is 5.49. The second-order valence-electron chi connectivity index (χ2n) is 1.73. The molecule has 0 unspecified atom stereocenters. The molecular weight excluding hydrogens is 156 g/mol. The van der Waals surface area contributed by atoms with Gasteiger partial charge >= 0.3 is 4.87 Å². The van der Waals surface area contributed by atoms with Crippen molar-refractivity contribution in [1.29, 1.82) is 0 Å². The van der Waals surface area contributed by atoms with E-state index in [0.717, 1.165) is 29.0 Å². The van der Waals surface area contributed by atoms with Crippen molar-refractivity contribution in [2.75, 3.05) is 5.75 Å². The fraction of sp³-hybridized carbons (Fsp3) is 0.500. The van der Waals surface area contributed by atoms with Crippen molar-refractivity contribution >= 4 is 23.3 Å². The molecule has 0 saturated heterocycles. The summed E-state index contributed by atoms with van der Waals surface area (Å²) in [5.41, 5.74) is 0. The molecule has 1 aromatic heterocycles. The van der Waals surface area contributed by atoms with Crippen LogP contribution in [-0.4, -0.2) is 14.7 Å². The molecule has 2 heterocycles. The molecule has 1 aromatic rings. The maximum atomic E-state index is 10.8. The van der Waals surface area contributed by atoms with Crippen LogP contribution in [0, 0.1) is 0 Å². The van der Waals surface area contributed by atoms with Gasteiger partial charge in [-0.25, -0.2) is 0 Å². The Hall–Kier alpha value is -0.290. The Labute approximate surface area is 59.9 Å². The maximum Gasteiger partial charge on any atom is 0.326 e. The molecule has 0 N–H and O–H groups in total. The van der Waals surface area contributed by atoms with Gasteiger partial charge in [-0.15, -0.1) is 0 Å². The van der Waals surface area contributed by atoms with Crippen molar-refractivity contribution in [3.05, 3.63) is 9.67 Å². The van der Waals surface area contributed by atoms with Crippen LogP contribution in [-0.2, 0) is 6.54 Å². The van der Waals surface area contributed by atoms with E-state index in [2.05, 4.69) is 4.37 Å². The number of fused-ring (bicyclic) bond motifs is 1. The van der Waals surface area contributed by atoms with Crippen molar-refractivity contribution in [3.63, 3.8) is 0 Å². The molecule has 1 aliphatic heterocycles. The first-order valence-electron chi connectivity index (χ1n) is 2.57. The fourth-order valence-corrected chi connectivity index (χ4v) is 2.47. The van der Waals surface area contributed by atoms with Crippen molar-refractivity contribution in [3.8, 4) is 0 Å². The molecule has 0 aliphatic carbocycles. The monoisotopic (exact) mass is 160 g/mol. The topological polar surface area (TPSA) is 34.9 Å². The molecule has 0 saturated carbocycles. The lowest BCUT2D eigenvalue weighted by Gasteiger charge is -1.83. The van der Waals surface area contributed by atoms with Gasteiger partial charge in [0.1, 0.15) is 0 Å². The summed E-state index contributed by atoms with van der Waals surface area (Å²) in [5.74, 6) is 1.01. The third-order valence-electron chi connectivity index (χ3n) is 1.20. The number of hydrogen-bond donors (Lipinski definition) is 0. The first-order valence-corrected chi connectivity index (χ1v) is 4.33. The van der Waals surface area contributed by atoms with Gasteiger partial charge in [0.2, 0.25) is 0 Å². The second kappa shape index (κ2) is 1.85. The van der Waals surface area contributed by atoms with Crippen LogP contribution in [0.2, 0.25) is 0 Å². The Balaban J connectivity index is 2.70. The highest BCUT2D eigenvalue weighted by Gasteiger charge is 2.14. The van der Waals surface area contributed by atoms with Crippen molar-refractivity contribution in [2.24, 2.45) is 0 Å². The van der Waals surface area contributed by atoms with Gasteiger partial charge in [0.15, 0.2) is 5.16 Å². The van der Waals surface area contributed by atoms with Crippen LogP contribution >= 0.6 is 23.3 Å². The van der Waals surface area contributed by atoms with Crippen LogP contribution in [0.1, 0.15) is 0 Å². The predicted octanol–water partition coefficient (Wildman–Crippen LogP) is 0.410. The largest absolute Gasteiger partial charge is 0.326 e. The molecule has 0 spiro atoms. The minimum atomic E-state index is 0.0787. The standard InChI is InChI=1S/C4H4N2OS2/c7-4-6-1-2-8-3(6)5-9-4/h1-2H2. The number of rotatable bonds is 0. The fourth-order valence-electron chi connectivity index (χ4n) is 0.774. The van der Waals surface area contributed by atoms with E-state index in [-0.39, 0.29) is 4.87 Å². The van der Waals surface area contributed by atoms with Crippen LogP contribution in [0.3, 0.4) is 0 Å². The number of aromatic nitrogens is 2. The van der Waals surface area contributed by atoms with Gasteiger partial charge in [0.25, 0.3) is 0 Å². The molecule has 0 bridgehead atoms. The summed E-state index contributed by atoms with van der Waals surface area (Å²) in [6, 6.07) is 0. The zero-order valence-electron chi connectivity index (χ0n) is 4.53. The maximum absolute atomic E-state index is 10.8. The zero-order chi connectivity index (χ0) is 6.27. The van der Waals surface area contributed by atoms with E-state index in [9.17, 15) is 4.79 Å². The smallest absolute Gasteiger partial charge is 0.276 e. The summed E-state index contributed by atoms with van der Waals surface area (Å²) in [5, 5.41) is 0.894. The van der Waals surface area contributed by atoms with Gasteiger partial charge in [-0.05, 0) is 0 Å². The van der Waals surface area contributed by atoms with Crippen LogP contribution in [0.4, 0.5) is 0 Å². The lowest BCUT2D eigenvalue weighted by Crippen LogP contribution is -2.10. The summed E-state index contributed by atoms with van der Waals surface area (Å²) >= 11 is 2.69. The summed E-state index contributed by atoms with van der Waals surface area (Å²) < 4.78 is 5.67. The van der Waals surface area contributed by atoms with Gasteiger partial charge < -0.3 is 0 Å². The number of nitrogens with zero attached hydrogens (tertiary/aromatic N) is 2. The molecule has 5 heteroatoms. The number of thioether (sulfide) groups is 1. The molecule has 48 valence electrons. The molecule has 1 aliphatic rings. The molecule has 3 nitrogen and oxygen atoms in total. The Morgan fingerprint density at radius 1 is 1.67 bits per heavy atom. The Morgan fingerprint density at radius 2 is 2.56 bits per heavy atom. The molecule has 9 heavy (non-hydrogen) atoms. The molecule has 2 rings (SSSR count). The van der Waals surface area contributed by atoms with Gasteiger partial charge in [-0.3, -0.25) is 9.36 Å². The van der Waals surface area contributed by atoms with Crippen LogP contribution in [0.5, 0.6) is 0 Å². The SMILES string of the molecule is O=c1snc2n1CCS2. The van der Waals surface area contributed by atoms with Crippen LogP contribution in [0.15, 0.2) is 9.95 Å². The van der Waals surface area contributed by atoms with E-state index >= 15 is 0 Å². The van der Waals surface area contributed by atoms with E-state index in [1.54, 1.807) is 16.3 Å².